The molecule has 1 aromatic heterocycles. The van der Waals surface area contributed by atoms with Crippen LogP contribution in [-0.2, 0) is 0 Å². The molecular formula is C12H16FNOS. The first kappa shape index (κ1) is 11.6. The van der Waals surface area contributed by atoms with E-state index in [1.807, 2.05) is 19.1 Å². The number of rotatable bonds is 2. The summed E-state index contributed by atoms with van der Waals surface area (Å²) >= 11 is 1.51. The van der Waals surface area contributed by atoms with Gasteiger partial charge in [0.2, 0.25) is 0 Å². The molecule has 0 saturated carbocycles. The standard InChI is InChI=1S/C12H16FNOS/c1-9-4-5-11(16-9)12(15)14-6-2-3-10(7-13)8-14/h4-5,10H,2-3,6-8H2,1H3. The summed E-state index contributed by atoms with van der Waals surface area (Å²) in [7, 11) is 0. The molecule has 1 saturated heterocycles. The van der Waals surface area contributed by atoms with Crippen molar-refractivity contribution < 1.29 is 9.18 Å². The number of amides is 1. The lowest BCUT2D eigenvalue weighted by atomic mass is 9.99. The van der Waals surface area contributed by atoms with Gasteiger partial charge in [-0.05, 0) is 31.9 Å². The van der Waals surface area contributed by atoms with Crippen LogP contribution in [0.5, 0.6) is 0 Å². The molecule has 0 aromatic carbocycles. The van der Waals surface area contributed by atoms with Crippen molar-refractivity contribution >= 4 is 17.2 Å². The molecule has 1 atom stereocenters. The number of nitrogens with zero attached hydrogens (tertiary/aromatic N) is 1. The third kappa shape index (κ3) is 2.43. The van der Waals surface area contributed by atoms with Crippen LogP contribution in [0.15, 0.2) is 12.1 Å². The molecule has 88 valence electrons. The smallest absolute Gasteiger partial charge is 0.263 e. The van der Waals surface area contributed by atoms with Gasteiger partial charge in [0.1, 0.15) is 0 Å². The largest absolute Gasteiger partial charge is 0.338 e. The molecule has 2 nitrogen and oxygen atoms in total. The number of hydrogen-bond donors (Lipinski definition) is 0. The number of aryl methyl sites for hydroxylation is 1. The maximum Gasteiger partial charge on any atom is 0.263 e. The summed E-state index contributed by atoms with van der Waals surface area (Å²) in [5.74, 6) is 0.106. The normalized spacial score (nSPS) is 21.1. The SMILES string of the molecule is Cc1ccc(C(=O)N2CCCC(CF)C2)s1. The third-order valence-corrected chi connectivity index (χ3v) is 3.96. The average Bonchev–Trinajstić information content (AvgIpc) is 2.75. The van der Waals surface area contributed by atoms with Gasteiger partial charge >= 0.3 is 0 Å². The maximum absolute atomic E-state index is 12.6. The molecule has 0 bridgehead atoms. The molecule has 1 aliphatic heterocycles. The topological polar surface area (TPSA) is 20.3 Å². The number of carbonyl (C=O) groups is 1. The molecule has 1 amide bonds. The summed E-state index contributed by atoms with van der Waals surface area (Å²) < 4.78 is 12.6. The summed E-state index contributed by atoms with van der Waals surface area (Å²) in [6, 6.07) is 3.82. The second kappa shape index (κ2) is 4.95. The highest BCUT2D eigenvalue weighted by Crippen LogP contribution is 2.22. The monoisotopic (exact) mass is 241 g/mol. The Labute approximate surface area is 99.1 Å². The zero-order valence-corrected chi connectivity index (χ0v) is 10.2. The van der Waals surface area contributed by atoms with E-state index in [9.17, 15) is 9.18 Å². The zero-order chi connectivity index (χ0) is 11.5. The predicted octanol–water partition coefficient (Wildman–Crippen LogP) is 2.88. The second-order valence-electron chi connectivity index (χ2n) is 4.32. The summed E-state index contributed by atoms with van der Waals surface area (Å²) in [6.45, 7) is 3.02. The number of piperidine rings is 1. The number of likely N-dealkylation sites (tertiary alicyclic amines) is 1. The summed E-state index contributed by atoms with van der Waals surface area (Å²) in [5, 5.41) is 0. The first-order valence-corrected chi connectivity index (χ1v) is 6.44. The van der Waals surface area contributed by atoms with Crippen molar-refractivity contribution in [3.63, 3.8) is 0 Å². The van der Waals surface area contributed by atoms with Crippen LogP contribution in [0.1, 0.15) is 27.4 Å². The van der Waals surface area contributed by atoms with Crippen LogP contribution in [0.3, 0.4) is 0 Å². The number of carbonyl (C=O) groups excluding carboxylic acids is 1. The Bertz CT molecular complexity index is 377. The lowest BCUT2D eigenvalue weighted by molar-refractivity contribution is 0.0661. The van der Waals surface area contributed by atoms with E-state index in [1.165, 1.54) is 11.3 Å². The molecule has 1 aliphatic rings. The van der Waals surface area contributed by atoms with E-state index >= 15 is 0 Å². The van der Waals surface area contributed by atoms with Gasteiger partial charge in [-0.1, -0.05) is 0 Å². The molecule has 0 radical (unpaired) electrons. The van der Waals surface area contributed by atoms with Crippen molar-refractivity contribution in [1.82, 2.24) is 4.90 Å². The van der Waals surface area contributed by atoms with E-state index in [2.05, 4.69) is 0 Å². The van der Waals surface area contributed by atoms with Gasteiger partial charge in [0.05, 0.1) is 11.6 Å². The minimum absolute atomic E-state index is 0.0405. The Morgan fingerprint density at radius 3 is 3.06 bits per heavy atom. The summed E-state index contributed by atoms with van der Waals surface area (Å²) in [6.07, 6.45) is 1.83. The molecule has 0 aliphatic carbocycles. The van der Waals surface area contributed by atoms with Crippen molar-refractivity contribution in [2.24, 2.45) is 5.92 Å². The Morgan fingerprint density at radius 2 is 2.44 bits per heavy atom. The highest BCUT2D eigenvalue weighted by Gasteiger charge is 2.24. The van der Waals surface area contributed by atoms with Gasteiger partial charge in [0.15, 0.2) is 0 Å². The first-order chi connectivity index (χ1) is 7.70. The lowest BCUT2D eigenvalue weighted by Gasteiger charge is -2.31. The number of thiophene rings is 1. The number of alkyl halides is 1. The van der Waals surface area contributed by atoms with E-state index in [4.69, 9.17) is 0 Å². The van der Waals surface area contributed by atoms with Crippen LogP contribution in [0.25, 0.3) is 0 Å². The summed E-state index contributed by atoms with van der Waals surface area (Å²) in [5.41, 5.74) is 0. The minimum atomic E-state index is -0.312. The third-order valence-electron chi connectivity index (χ3n) is 2.98. The minimum Gasteiger partial charge on any atom is -0.338 e. The van der Waals surface area contributed by atoms with Crippen LogP contribution >= 0.6 is 11.3 Å². The van der Waals surface area contributed by atoms with E-state index in [-0.39, 0.29) is 18.5 Å². The molecular weight excluding hydrogens is 225 g/mol. The van der Waals surface area contributed by atoms with Gasteiger partial charge in [-0.15, -0.1) is 11.3 Å². The number of hydrogen-bond acceptors (Lipinski definition) is 2. The molecule has 1 aromatic rings. The molecule has 0 N–H and O–H groups in total. The van der Waals surface area contributed by atoms with Crippen LogP contribution in [0.4, 0.5) is 4.39 Å². The molecule has 16 heavy (non-hydrogen) atoms. The van der Waals surface area contributed by atoms with E-state index < -0.39 is 0 Å². The Balaban J connectivity index is 2.04. The van der Waals surface area contributed by atoms with Crippen LogP contribution in [0, 0.1) is 12.8 Å². The Hall–Kier alpha value is -0.900. The molecule has 4 heteroatoms. The van der Waals surface area contributed by atoms with Gasteiger partial charge in [0.25, 0.3) is 5.91 Å². The van der Waals surface area contributed by atoms with Crippen LogP contribution < -0.4 is 0 Å². The van der Waals surface area contributed by atoms with Gasteiger partial charge in [-0.25, -0.2) is 0 Å². The Kier molecular flexibility index (Phi) is 3.59. The van der Waals surface area contributed by atoms with Crippen LogP contribution in [0.2, 0.25) is 0 Å². The van der Waals surface area contributed by atoms with Gasteiger partial charge in [-0.2, -0.15) is 0 Å². The van der Waals surface area contributed by atoms with Gasteiger partial charge < -0.3 is 4.90 Å². The first-order valence-electron chi connectivity index (χ1n) is 5.62. The maximum atomic E-state index is 12.6. The van der Waals surface area contributed by atoms with Gasteiger partial charge in [-0.3, -0.25) is 9.18 Å². The number of halogens is 1. The predicted molar refractivity (Wildman–Crippen MR) is 63.7 cm³/mol. The highest BCUT2D eigenvalue weighted by molar-refractivity contribution is 7.13. The van der Waals surface area contributed by atoms with Crippen LogP contribution in [-0.4, -0.2) is 30.6 Å². The van der Waals surface area contributed by atoms with Crippen molar-refractivity contribution in [2.45, 2.75) is 19.8 Å². The summed E-state index contributed by atoms with van der Waals surface area (Å²) in [4.78, 5) is 15.8. The van der Waals surface area contributed by atoms with Crippen molar-refractivity contribution in [3.8, 4) is 0 Å². The fourth-order valence-electron chi connectivity index (χ4n) is 2.08. The highest BCUT2D eigenvalue weighted by atomic mass is 32.1. The fraction of sp³-hybridized carbons (Fsp3) is 0.583. The molecule has 0 spiro atoms. The molecule has 2 heterocycles. The fourth-order valence-corrected chi connectivity index (χ4v) is 2.92. The van der Waals surface area contributed by atoms with E-state index in [0.29, 0.717) is 6.54 Å². The van der Waals surface area contributed by atoms with Crippen molar-refractivity contribution in [1.29, 1.82) is 0 Å². The van der Waals surface area contributed by atoms with E-state index in [0.717, 1.165) is 29.1 Å². The molecule has 1 fully saturated rings. The Morgan fingerprint density at radius 1 is 1.62 bits per heavy atom. The lowest BCUT2D eigenvalue weighted by Crippen LogP contribution is -2.40. The zero-order valence-electron chi connectivity index (χ0n) is 9.41. The molecule has 2 rings (SSSR count). The molecule has 1 unspecified atom stereocenters. The van der Waals surface area contributed by atoms with Crippen molar-refractivity contribution in [3.05, 3.63) is 21.9 Å². The average molecular weight is 241 g/mol. The second-order valence-corrected chi connectivity index (χ2v) is 5.61. The quantitative estimate of drug-likeness (QED) is 0.779. The van der Waals surface area contributed by atoms with E-state index in [1.54, 1.807) is 4.90 Å². The van der Waals surface area contributed by atoms with Crippen molar-refractivity contribution in [2.75, 3.05) is 19.8 Å². The van der Waals surface area contributed by atoms with Gasteiger partial charge in [0, 0.05) is 23.9 Å².